The first-order valence-electron chi connectivity index (χ1n) is 6.83. The van der Waals surface area contributed by atoms with Gasteiger partial charge in [-0.3, -0.25) is 4.90 Å². The number of ether oxygens (including phenoxy) is 1. The van der Waals surface area contributed by atoms with Crippen LogP contribution in [0.15, 0.2) is 0 Å². The van der Waals surface area contributed by atoms with Crippen molar-refractivity contribution in [1.29, 1.82) is 0 Å². The van der Waals surface area contributed by atoms with Gasteiger partial charge in [0.15, 0.2) is 0 Å². The van der Waals surface area contributed by atoms with Gasteiger partial charge in [-0.15, -0.1) is 0 Å². The Morgan fingerprint density at radius 1 is 1.44 bits per heavy atom. The minimum absolute atomic E-state index is 0.333. The summed E-state index contributed by atoms with van der Waals surface area (Å²) in [7, 11) is 0. The Hall–Kier alpha value is -0.810. The summed E-state index contributed by atoms with van der Waals surface area (Å²) < 4.78 is 5.23. The van der Waals surface area contributed by atoms with Crippen LogP contribution in [0.2, 0.25) is 0 Å². The number of amides is 1. The summed E-state index contributed by atoms with van der Waals surface area (Å²) >= 11 is 0. The first-order chi connectivity index (χ1) is 8.42. The molecule has 106 valence electrons. The van der Waals surface area contributed by atoms with E-state index in [-0.39, 0.29) is 6.09 Å². The second-order valence-corrected chi connectivity index (χ2v) is 5.86. The molecule has 1 atom stereocenters. The van der Waals surface area contributed by atoms with Crippen LogP contribution in [0.3, 0.4) is 0 Å². The summed E-state index contributed by atoms with van der Waals surface area (Å²) in [5.41, 5.74) is 5.17. The molecule has 18 heavy (non-hydrogen) atoms. The van der Waals surface area contributed by atoms with Gasteiger partial charge in [0.25, 0.3) is 0 Å². The van der Waals surface area contributed by atoms with Crippen molar-refractivity contribution in [2.75, 3.05) is 26.2 Å². The van der Waals surface area contributed by atoms with E-state index in [2.05, 4.69) is 10.2 Å². The number of nitrogens with zero attached hydrogens (tertiary/aromatic N) is 1. The molecule has 1 unspecified atom stereocenters. The molecule has 0 spiro atoms. The van der Waals surface area contributed by atoms with Gasteiger partial charge in [0.2, 0.25) is 0 Å². The Morgan fingerprint density at radius 3 is 2.78 bits per heavy atom. The lowest BCUT2D eigenvalue weighted by Gasteiger charge is -2.35. The fourth-order valence-corrected chi connectivity index (χ4v) is 2.27. The third-order valence-corrected chi connectivity index (χ3v) is 3.05. The predicted molar refractivity (Wildman–Crippen MR) is 72.5 cm³/mol. The summed E-state index contributed by atoms with van der Waals surface area (Å²) in [5.74, 6) is 0. The number of nitrogens with two attached hydrogens (primary N) is 1. The molecule has 1 heterocycles. The van der Waals surface area contributed by atoms with Crippen molar-refractivity contribution in [2.24, 2.45) is 5.73 Å². The zero-order valence-corrected chi connectivity index (χ0v) is 11.9. The quantitative estimate of drug-likeness (QED) is 0.797. The van der Waals surface area contributed by atoms with Gasteiger partial charge >= 0.3 is 6.09 Å². The number of hydrogen-bond acceptors (Lipinski definition) is 4. The maximum Gasteiger partial charge on any atom is 0.407 e. The van der Waals surface area contributed by atoms with Crippen LogP contribution in [-0.4, -0.2) is 48.8 Å². The molecule has 1 fully saturated rings. The van der Waals surface area contributed by atoms with Gasteiger partial charge < -0.3 is 15.8 Å². The second-order valence-electron chi connectivity index (χ2n) is 5.86. The zero-order chi connectivity index (χ0) is 13.6. The van der Waals surface area contributed by atoms with E-state index in [1.807, 2.05) is 20.8 Å². The van der Waals surface area contributed by atoms with Crippen molar-refractivity contribution in [3.63, 3.8) is 0 Å². The van der Waals surface area contributed by atoms with Crippen LogP contribution < -0.4 is 11.1 Å². The lowest BCUT2D eigenvalue weighted by atomic mass is 10.0. The van der Waals surface area contributed by atoms with E-state index in [0.29, 0.717) is 19.1 Å². The summed E-state index contributed by atoms with van der Waals surface area (Å²) in [6, 6.07) is 0.398. The molecule has 0 aromatic carbocycles. The highest BCUT2D eigenvalue weighted by Crippen LogP contribution is 2.16. The molecule has 0 aromatic heterocycles. The average Bonchev–Trinajstić information content (AvgIpc) is 2.26. The Bertz CT molecular complexity index is 261. The molecule has 1 saturated heterocycles. The molecule has 3 N–H and O–H groups in total. The zero-order valence-electron chi connectivity index (χ0n) is 11.9. The number of nitrogens with one attached hydrogen (secondary N) is 1. The molecule has 1 aliphatic heterocycles. The van der Waals surface area contributed by atoms with Crippen molar-refractivity contribution in [2.45, 2.75) is 51.7 Å². The summed E-state index contributed by atoms with van der Waals surface area (Å²) in [5, 5.41) is 2.85. The molecule has 5 nitrogen and oxygen atoms in total. The average molecular weight is 257 g/mol. The van der Waals surface area contributed by atoms with Crippen LogP contribution in [0.5, 0.6) is 0 Å². The molecule has 1 rings (SSSR count). The predicted octanol–water partition coefficient (Wildman–Crippen LogP) is 1.32. The monoisotopic (exact) mass is 257 g/mol. The highest BCUT2D eigenvalue weighted by Gasteiger charge is 2.23. The van der Waals surface area contributed by atoms with Gasteiger partial charge in [0.05, 0.1) is 0 Å². The van der Waals surface area contributed by atoms with E-state index in [1.54, 1.807) is 0 Å². The van der Waals surface area contributed by atoms with Crippen LogP contribution in [0.25, 0.3) is 0 Å². The standard InChI is InChI=1S/C13H27N3O2/c1-13(2,3)18-12(17)15-10-11-6-4-5-8-16(11)9-7-14/h11H,4-10,14H2,1-3H3,(H,15,17). The van der Waals surface area contributed by atoms with Gasteiger partial charge in [-0.2, -0.15) is 0 Å². The molecule has 5 heteroatoms. The topological polar surface area (TPSA) is 67.6 Å². The molecular formula is C13H27N3O2. The Morgan fingerprint density at radius 2 is 2.17 bits per heavy atom. The minimum Gasteiger partial charge on any atom is -0.444 e. The van der Waals surface area contributed by atoms with Crippen LogP contribution >= 0.6 is 0 Å². The van der Waals surface area contributed by atoms with Gasteiger partial charge in [0, 0.05) is 25.7 Å². The highest BCUT2D eigenvalue weighted by molar-refractivity contribution is 5.67. The van der Waals surface area contributed by atoms with Crippen molar-refractivity contribution >= 4 is 6.09 Å². The van der Waals surface area contributed by atoms with E-state index in [1.165, 1.54) is 12.8 Å². The fraction of sp³-hybridized carbons (Fsp3) is 0.923. The van der Waals surface area contributed by atoms with Crippen LogP contribution in [0.4, 0.5) is 4.79 Å². The number of carbonyl (C=O) groups is 1. The highest BCUT2D eigenvalue weighted by atomic mass is 16.6. The molecular weight excluding hydrogens is 230 g/mol. The van der Waals surface area contributed by atoms with E-state index in [4.69, 9.17) is 10.5 Å². The number of piperidine rings is 1. The first-order valence-corrected chi connectivity index (χ1v) is 6.83. The van der Waals surface area contributed by atoms with Crippen molar-refractivity contribution < 1.29 is 9.53 Å². The summed E-state index contributed by atoms with van der Waals surface area (Å²) in [6.07, 6.45) is 3.24. The number of alkyl carbamates (subject to hydrolysis) is 1. The largest absolute Gasteiger partial charge is 0.444 e. The van der Waals surface area contributed by atoms with Crippen molar-refractivity contribution in [1.82, 2.24) is 10.2 Å². The van der Waals surface area contributed by atoms with Gasteiger partial charge in [-0.05, 0) is 40.2 Å². The number of carbonyl (C=O) groups excluding carboxylic acids is 1. The van der Waals surface area contributed by atoms with E-state index < -0.39 is 5.60 Å². The van der Waals surface area contributed by atoms with Crippen molar-refractivity contribution in [3.8, 4) is 0 Å². The number of rotatable bonds is 4. The number of likely N-dealkylation sites (tertiary alicyclic amines) is 1. The fourth-order valence-electron chi connectivity index (χ4n) is 2.27. The molecule has 1 aliphatic rings. The molecule has 0 saturated carbocycles. The lowest BCUT2D eigenvalue weighted by Crippen LogP contribution is -2.48. The van der Waals surface area contributed by atoms with Gasteiger partial charge in [-0.1, -0.05) is 6.42 Å². The first kappa shape index (κ1) is 15.2. The SMILES string of the molecule is CC(C)(C)OC(=O)NCC1CCCCN1CCN. The lowest BCUT2D eigenvalue weighted by molar-refractivity contribution is 0.0496. The normalized spacial score (nSPS) is 21.7. The molecule has 1 amide bonds. The maximum atomic E-state index is 11.6. The van der Waals surface area contributed by atoms with Gasteiger partial charge in [0.1, 0.15) is 5.60 Å². The molecule has 0 radical (unpaired) electrons. The number of hydrogen-bond donors (Lipinski definition) is 2. The smallest absolute Gasteiger partial charge is 0.407 e. The Labute approximate surface area is 110 Å². The Kier molecular flexibility index (Phi) is 5.88. The summed E-state index contributed by atoms with van der Waals surface area (Å²) in [6.45, 7) is 8.91. The third kappa shape index (κ3) is 5.69. The maximum absolute atomic E-state index is 11.6. The van der Waals surface area contributed by atoms with Gasteiger partial charge in [-0.25, -0.2) is 4.79 Å². The van der Waals surface area contributed by atoms with Crippen LogP contribution in [0.1, 0.15) is 40.0 Å². The molecule has 0 bridgehead atoms. The van der Waals surface area contributed by atoms with Crippen LogP contribution in [-0.2, 0) is 4.74 Å². The van der Waals surface area contributed by atoms with Crippen molar-refractivity contribution in [3.05, 3.63) is 0 Å². The Balaban J connectivity index is 2.33. The minimum atomic E-state index is -0.437. The van der Waals surface area contributed by atoms with Crippen LogP contribution in [0, 0.1) is 0 Å². The molecule has 0 aliphatic carbocycles. The molecule has 0 aromatic rings. The third-order valence-electron chi connectivity index (χ3n) is 3.05. The second kappa shape index (κ2) is 6.95. The van der Waals surface area contributed by atoms with E-state index in [9.17, 15) is 4.79 Å². The van der Waals surface area contributed by atoms with E-state index in [0.717, 1.165) is 19.5 Å². The summed E-state index contributed by atoms with van der Waals surface area (Å²) in [4.78, 5) is 14.0. The van der Waals surface area contributed by atoms with E-state index >= 15 is 0 Å².